The fourth-order valence-electron chi connectivity index (χ4n) is 0. The molecule has 0 aliphatic rings. The van der Waals surface area contributed by atoms with Crippen molar-refractivity contribution in [3.63, 3.8) is 0 Å². The number of hydrogen-bond donors (Lipinski definition) is 0. The molecule has 4 heavy (non-hydrogen) atoms. The van der Waals surface area contributed by atoms with Gasteiger partial charge in [-0.15, -0.1) is 0 Å². The van der Waals surface area contributed by atoms with Crippen molar-refractivity contribution >= 4 is 0 Å². The van der Waals surface area contributed by atoms with Gasteiger partial charge in [0.25, 0.3) is 0 Å². The SMILES string of the molecule is O.O.[HH].[HH].[HH].[HH].[HH].[OH-].[OH-]. The van der Waals surface area contributed by atoms with Crippen LogP contribution in [0, 0.1) is 0 Å². The van der Waals surface area contributed by atoms with Crippen LogP contribution in [0.25, 0.3) is 0 Å². The van der Waals surface area contributed by atoms with E-state index in [1.54, 1.807) is 0 Å². The molecule has 0 aliphatic heterocycles. The Morgan fingerprint density at radius 3 is 0.750 bits per heavy atom. The number of hydrogen-bond acceptors (Lipinski definition) is 2. The Labute approximate surface area is 30.7 Å². The van der Waals surface area contributed by atoms with Gasteiger partial charge < -0.3 is 21.9 Å². The molecule has 6 N–H and O–H groups in total. The Morgan fingerprint density at radius 1 is 0.750 bits per heavy atom. The van der Waals surface area contributed by atoms with Crippen LogP contribution in [0.15, 0.2) is 0 Å². The lowest BCUT2D eigenvalue weighted by Gasteiger charge is -0.871. The second-order valence-corrected chi connectivity index (χ2v) is 0. The van der Waals surface area contributed by atoms with E-state index >= 15 is 0 Å². The molecule has 0 unspecified atom stereocenters. The lowest BCUT2D eigenvalue weighted by Crippen LogP contribution is -0.290. The highest BCUT2D eigenvalue weighted by Gasteiger charge is -0.411. The fourth-order valence-corrected chi connectivity index (χ4v) is 0. The van der Waals surface area contributed by atoms with Gasteiger partial charge in [0.15, 0.2) is 0 Å². The molecule has 0 aromatic heterocycles. The molecule has 0 saturated carbocycles. The van der Waals surface area contributed by atoms with Crippen LogP contribution in [0.5, 0.6) is 0 Å². The van der Waals surface area contributed by atoms with Gasteiger partial charge in [-0.25, -0.2) is 0 Å². The monoisotopic (exact) mass is 80.1 g/mol. The van der Waals surface area contributed by atoms with Gasteiger partial charge in [-0.1, -0.05) is 0 Å². The first-order valence-corrected chi connectivity index (χ1v) is 0. The summed E-state index contributed by atoms with van der Waals surface area (Å²) >= 11 is 0. The first-order chi connectivity index (χ1) is 0. The fraction of sp³-hybridized carbons (Fsp3) is 0. The van der Waals surface area contributed by atoms with Crippen molar-refractivity contribution in [3.05, 3.63) is 0 Å². The molecule has 42 valence electrons. The summed E-state index contributed by atoms with van der Waals surface area (Å²) in [4.78, 5) is 0. The average Bonchev–Trinajstić information content (AvgIpc) is 0. The van der Waals surface area contributed by atoms with Gasteiger partial charge in [-0.3, -0.25) is 0 Å². The first kappa shape index (κ1) is 1210. The van der Waals surface area contributed by atoms with Crippen molar-refractivity contribution in [2.45, 2.75) is 0 Å². The van der Waals surface area contributed by atoms with Crippen molar-refractivity contribution in [1.82, 2.24) is 0 Å². The van der Waals surface area contributed by atoms with Crippen LogP contribution in [-0.2, 0) is 0 Å². The van der Waals surface area contributed by atoms with Crippen LogP contribution < -0.4 is 0 Å². The molecule has 0 fully saturated rings. The van der Waals surface area contributed by atoms with Crippen LogP contribution in [0.2, 0.25) is 0 Å². The van der Waals surface area contributed by atoms with Crippen molar-refractivity contribution in [2.75, 3.05) is 0 Å². The van der Waals surface area contributed by atoms with Gasteiger partial charge in [0.2, 0.25) is 0 Å². The zero-order chi connectivity index (χ0) is 0. The van der Waals surface area contributed by atoms with Gasteiger partial charge in [0, 0.05) is 7.13 Å². The van der Waals surface area contributed by atoms with Crippen LogP contribution >= 0.6 is 0 Å². The highest BCUT2D eigenvalue weighted by atomic mass is 16.0. The molecule has 0 aromatic carbocycles. The molecule has 0 aliphatic carbocycles. The molecule has 0 saturated heterocycles. The smallest absolute Gasteiger partial charge is 0 e. The zero-order valence-electron chi connectivity index (χ0n) is 1.89. The maximum absolute atomic E-state index is 0. The molecule has 0 amide bonds. The summed E-state index contributed by atoms with van der Waals surface area (Å²) in [5.41, 5.74) is 0. The Morgan fingerprint density at radius 2 is 0.750 bits per heavy atom. The lowest BCUT2D eigenvalue weighted by molar-refractivity contribution is 0.823. The minimum absolute atomic E-state index is 0. The molecule has 0 bridgehead atoms. The summed E-state index contributed by atoms with van der Waals surface area (Å²) in [6.07, 6.45) is 0. The summed E-state index contributed by atoms with van der Waals surface area (Å²) in [6, 6.07) is 0. The standard InChI is InChI=1S/4H2O.5H2/h4*1H2;5*1H/p-2. The molecule has 0 atom stereocenters. The molecule has 0 spiro atoms. The van der Waals surface area contributed by atoms with Crippen molar-refractivity contribution < 1.29 is 29.0 Å². The lowest BCUT2D eigenvalue weighted by atomic mass is 16.0. The summed E-state index contributed by atoms with van der Waals surface area (Å²) < 4.78 is 0. The predicted molar refractivity (Wildman–Crippen MR) is 21.7 cm³/mol. The average molecular weight is 80.1 g/mol. The number of rotatable bonds is 0. The molecular weight excluding hydrogens is 64.0 g/mol. The van der Waals surface area contributed by atoms with Gasteiger partial charge in [-0.2, -0.15) is 0 Å². The first-order valence-electron chi connectivity index (χ1n) is 0. The van der Waals surface area contributed by atoms with Crippen LogP contribution in [0.1, 0.15) is 7.13 Å². The van der Waals surface area contributed by atoms with E-state index in [2.05, 4.69) is 0 Å². The minimum atomic E-state index is 0. The van der Waals surface area contributed by atoms with E-state index in [4.69, 9.17) is 0 Å². The Hall–Kier alpha value is -0.160. The van der Waals surface area contributed by atoms with Crippen molar-refractivity contribution in [2.24, 2.45) is 0 Å². The molecule has 0 aromatic rings. The highest BCUT2D eigenvalue weighted by Crippen LogP contribution is -0.286. The molecule has 0 radical (unpaired) electrons. The van der Waals surface area contributed by atoms with Gasteiger partial charge in [0.1, 0.15) is 0 Å². The minimum Gasteiger partial charge on any atom is -0.870 e. The topological polar surface area (TPSA) is 123 Å². The quantitative estimate of drug-likeness (QED) is 0.379. The van der Waals surface area contributed by atoms with E-state index in [1.165, 1.54) is 0 Å². The van der Waals surface area contributed by atoms with Crippen molar-refractivity contribution in [1.29, 1.82) is 0 Å². The van der Waals surface area contributed by atoms with Crippen LogP contribution in [0.4, 0.5) is 0 Å². The third-order valence-electron chi connectivity index (χ3n) is 0. The summed E-state index contributed by atoms with van der Waals surface area (Å²) in [6.45, 7) is 0. The maximum Gasteiger partial charge on any atom is 0 e. The normalized spacial score (nSPS) is 0. The Balaban J connectivity index is 0. The summed E-state index contributed by atoms with van der Waals surface area (Å²) in [5.74, 6) is 0. The van der Waals surface area contributed by atoms with Crippen LogP contribution in [0.3, 0.4) is 0 Å². The van der Waals surface area contributed by atoms with E-state index in [0.29, 0.717) is 0 Å². The van der Waals surface area contributed by atoms with Crippen LogP contribution in [-0.4, -0.2) is 21.9 Å². The van der Waals surface area contributed by atoms with E-state index in [9.17, 15) is 0 Å². The molecule has 4 heteroatoms. The summed E-state index contributed by atoms with van der Waals surface area (Å²) in [5, 5.41) is 0. The summed E-state index contributed by atoms with van der Waals surface area (Å²) in [7, 11) is 0. The third-order valence-corrected chi connectivity index (χ3v) is 0. The highest BCUT2D eigenvalue weighted by molar-refractivity contribution is 0.827. The third kappa shape index (κ3) is 50.7. The Bertz CT molecular complexity index is 8.92. The molecular formula is H16O4-2. The Kier molecular flexibility index (Phi) is 114000. The van der Waals surface area contributed by atoms with Gasteiger partial charge >= 0.3 is 0 Å². The second kappa shape index (κ2) is 376. The predicted octanol–water partition coefficient (Wildman–Crippen LogP) is -0.773. The van der Waals surface area contributed by atoms with E-state index in [-0.39, 0.29) is 29.0 Å². The molecule has 0 heterocycles. The molecule has 0 rings (SSSR count). The van der Waals surface area contributed by atoms with E-state index in [1.807, 2.05) is 0 Å². The molecule has 4 nitrogen and oxygen atoms in total. The largest absolute Gasteiger partial charge is 0.870 e. The van der Waals surface area contributed by atoms with Gasteiger partial charge in [-0.05, 0) is 0 Å². The van der Waals surface area contributed by atoms with E-state index < -0.39 is 0 Å². The maximum atomic E-state index is 0. The van der Waals surface area contributed by atoms with Gasteiger partial charge in [0.05, 0.1) is 0 Å². The second-order valence-electron chi connectivity index (χ2n) is 0. The van der Waals surface area contributed by atoms with E-state index in [0.717, 1.165) is 0 Å². The van der Waals surface area contributed by atoms with Crippen molar-refractivity contribution in [3.8, 4) is 0 Å². The zero-order valence-corrected chi connectivity index (χ0v) is 1.89.